The minimum absolute atomic E-state index is 0.0760. The molecule has 0 saturated carbocycles. The fourth-order valence-electron chi connectivity index (χ4n) is 3.28. The van der Waals surface area contributed by atoms with Crippen LogP contribution in [0.4, 0.5) is 22.0 Å². The van der Waals surface area contributed by atoms with E-state index in [1.54, 1.807) is 14.0 Å². The molecule has 1 aromatic carbocycles. The first kappa shape index (κ1) is 21.4. The molecule has 0 aromatic heterocycles. The summed E-state index contributed by atoms with van der Waals surface area (Å²) in [7, 11) is 1.58. The van der Waals surface area contributed by atoms with Gasteiger partial charge < -0.3 is 10.2 Å². The van der Waals surface area contributed by atoms with Crippen molar-refractivity contribution < 1.29 is 22.0 Å². The standard InChI is InChI=1S/C18H25F5N4/c1-3-26(12-18(21,22)23)10-13-6-7-27(11-13)17(24-2)25-9-14-8-15(19)4-5-16(14)20/h4-5,8,13H,3,6-7,9-12H2,1-2H3,(H,24,25). The van der Waals surface area contributed by atoms with Crippen LogP contribution in [-0.2, 0) is 6.54 Å². The van der Waals surface area contributed by atoms with Gasteiger partial charge in [0.05, 0.1) is 6.54 Å². The van der Waals surface area contributed by atoms with Gasteiger partial charge in [-0.25, -0.2) is 8.78 Å². The van der Waals surface area contributed by atoms with Gasteiger partial charge in [0, 0.05) is 38.8 Å². The second kappa shape index (κ2) is 9.34. The molecule has 1 atom stereocenters. The molecule has 1 fully saturated rings. The van der Waals surface area contributed by atoms with Crippen LogP contribution in [0.15, 0.2) is 23.2 Å². The molecule has 27 heavy (non-hydrogen) atoms. The van der Waals surface area contributed by atoms with Gasteiger partial charge in [0.25, 0.3) is 0 Å². The van der Waals surface area contributed by atoms with Gasteiger partial charge >= 0.3 is 6.18 Å². The molecule has 1 unspecified atom stereocenters. The largest absolute Gasteiger partial charge is 0.401 e. The molecule has 0 spiro atoms. The average Bonchev–Trinajstić information content (AvgIpc) is 3.05. The van der Waals surface area contributed by atoms with Gasteiger partial charge in [0.15, 0.2) is 5.96 Å². The number of likely N-dealkylation sites (tertiary alicyclic amines) is 1. The number of alkyl halides is 3. The van der Waals surface area contributed by atoms with Crippen LogP contribution in [0.3, 0.4) is 0 Å². The molecule has 1 heterocycles. The molecule has 4 nitrogen and oxygen atoms in total. The summed E-state index contributed by atoms with van der Waals surface area (Å²) >= 11 is 0. The third-order valence-electron chi connectivity index (χ3n) is 4.61. The maximum atomic E-state index is 13.7. The molecule has 1 saturated heterocycles. The molecule has 2 rings (SSSR count). The molecular formula is C18H25F5N4. The fourth-order valence-corrected chi connectivity index (χ4v) is 3.28. The fraction of sp³-hybridized carbons (Fsp3) is 0.611. The lowest BCUT2D eigenvalue weighted by molar-refractivity contribution is -0.146. The summed E-state index contributed by atoms with van der Waals surface area (Å²) in [6.45, 7) is 2.80. The Morgan fingerprint density at radius 3 is 2.70 bits per heavy atom. The quantitative estimate of drug-likeness (QED) is 0.458. The maximum Gasteiger partial charge on any atom is 0.401 e. The van der Waals surface area contributed by atoms with E-state index in [9.17, 15) is 22.0 Å². The number of nitrogens with one attached hydrogen (secondary N) is 1. The first-order valence-corrected chi connectivity index (χ1v) is 8.90. The highest BCUT2D eigenvalue weighted by atomic mass is 19.4. The van der Waals surface area contributed by atoms with Crippen molar-refractivity contribution in [3.63, 3.8) is 0 Å². The van der Waals surface area contributed by atoms with Crippen LogP contribution < -0.4 is 5.32 Å². The van der Waals surface area contributed by atoms with E-state index in [4.69, 9.17) is 0 Å². The van der Waals surface area contributed by atoms with Crippen molar-refractivity contribution in [3.05, 3.63) is 35.4 Å². The predicted octanol–water partition coefficient (Wildman–Crippen LogP) is 3.25. The van der Waals surface area contributed by atoms with Crippen LogP contribution >= 0.6 is 0 Å². The summed E-state index contributed by atoms with van der Waals surface area (Å²) in [5.74, 6) is -0.407. The van der Waals surface area contributed by atoms with Crippen molar-refractivity contribution in [2.75, 3.05) is 39.8 Å². The van der Waals surface area contributed by atoms with E-state index in [0.717, 1.165) is 24.6 Å². The highest BCUT2D eigenvalue weighted by Crippen LogP contribution is 2.21. The molecule has 1 aliphatic heterocycles. The Morgan fingerprint density at radius 2 is 2.07 bits per heavy atom. The van der Waals surface area contributed by atoms with Crippen LogP contribution in [0.2, 0.25) is 0 Å². The molecular weight excluding hydrogens is 367 g/mol. The number of benzene rings is 1. The lowest BCUT2D eigenvalue weighted by atomic mass is 10.1. The van der Waals surface area contributed by atoms with Crippen LogP contribution in [0.25, 0.3) is 0 Å². The first-order valence-electron chi connectivity index (χ1n) is 8.90. The van der Waals surface area contributed by atoms with E-state index in [1.807, 2.05) is 4.90 Å². The summed E-state index contributed by atoms with van der Waals surface area (Å²) in [5.41, 5.74) is 0.189. The predicted molar refractivity (Wildman–Crippen MR) is 94.4 cm³/mol. The highest BCUT2D eigenvalue weighted by molar-refractivity contribution is 5.80. The number of hydrogen-bond acceptors (Lipinski definition) is 2. The van der Waals surface area contributed by atoms with Crippen molar-refractivity contribution >= 4 is 5.96 Å². The van der Waals surface area contributed by atoms with Gasteiger partial charge in [-0.15, -0.1) is 0 Å². The zero-order chi connectivity index (χ0) is 20.0. The third-order valence-corrected chi connectivity index (χ3v) is 4.61. The Bertz CT molecular complexity index is 647. The Labute approximate surface area is 156 Å². The topological polar surface area (TPSA) is 30.9 Å². The van der Waals surface area contributed by atoms with Gasteiger partial charge in [-0.05, 0) is 37.1 Å². The minimum atomic E-state index is -4.21. The van der Waals surface area contributed by atoms with Gasteiger partial charge in [0.2, 0.25) is 0 Å². The zero-order valence-electron chi connectivity index (χ0n) is 15.5. The van der Waals surface area contributed by atoms with Crippen LogP contribution in [0, 0.1) is 17.6 Å². The van der Waals surface area contributed by atoms with E-state index in [2.05, 4.69) is 10.3 Å². The van der Waals surface area contributed by atoms with Crippen LogP contribution in [-0.4, -0.2) is 61.7 Å². The molecule has 0 radical (unpaired) electrons. The Balaban J connectivity index is 1.89. The van der Waals surface area contributed by atoms with Crippen molar-refractivity contribution in [3.8, 4) is 0 Å². The van der Waals surface area contributed by atoms with Crippen molar-refractivity contribution in [2.24, 2.45) is 10.9 Å². The minimum Gasteiger partial charge on any atom is -0.352 e. The Kier molecular flexibility index (Phi) is 7.41. The summed E-state index contributed by atoms with van der Waals surface area (Å²) in [5, 5.41) is 3.00. The van der Waals surface area contributed by atoms with E-state index in [-0.39, 0.29) is 18.0 Å². The number of hydrogen-bond donors (Lipinski definition) is 1. The summed E-state index contributed by atoms with van der Waals surface area (Å²) < 4.78 is 64.8. The van der Waals surface area contributed by atoms with Gasteiger partial charge in [-0.3, -0.25) is 9.89 Å². The van der Waals surface area contributed by atoms with Gasteiger partial charge in [0.1, 0.15) is 11.6 Å². The van der Waals surface area contributed by atoms with Crippen molar-refractivity contribution in [1.29, 1.82) is 0 Å². The van der Waals surface area contributed by atoms with E-state index in [0.29, 0.717) is 32.1 Å². The molecule has 152 valence electrons. The molecule has 0 aliphatic carbocycles. The van der Waals surface area contributed by atoms with Crippen molar-refractivity contribution in [1.82, 2.24) is 15.1 Å². The second-order valence-electron chi connectivity index (χ2n) is 6.68. The second-order valence-corrected chi connectivity index (χ2v) is 6.68. The molecule has 1 N–H and O–H groups in total. The summed E-state index contributed by atoms with van der Waals surface area (Å²) in [6.07, 6.45) is -3.45. The lowest BCUT2D eigenvalue weighted by Crippen LogP contribution is -2.41. The zero-order valence-corrected chi connectivity index (χ0v) is 15.5. The Morgan fingerprint density at radius 1 is 1.33 bits per heavy atom. The lowest BCUT2D eigenvalue weighted by Gasteiger charge is -2.26. The number of aliphatic imine (C=N–C) groups is 1. The monoisotopic (exact) mass is 392 g/mol. The highest BCUT2D eigenvalue weighted by Gasteiger charge is 2.33. The maximum absolute atomic E-state index is 13.7. The normalized spacial score (nSPS) is 18.4. The van der Waals surface area contributed by atoms with Gasteiger partial charge in [-0.2, -0.15) is 13.2 Å². The number of halogens is 5. The van der Waals surface area contributed by atoms with E-state index < -0.39 is 24.4 Å². The number of guanidine groups is 1. The molecule has 1 aromatic rings. The van der Waals surface area contributed by atoms with Crippen molar-refractivity contribution in [2.45, 2.75) is 26.1 Å². The molecule has 1 aliphatic rings. The first-order chi connectivity index (χ1) is 12.7. The smallest absolute Gasteiger partial charge is 0.352 e. The molecule has 9 heteroatoms. The SMILES string of the molecule is CCN(CC1CCN(C(=NC)NCc2cc(F)ccc2F)C1)CC(F)(F)F. The molecule has 0 bridgehead atoms. The Hall–Kier alpha value is -1.90. The van der Waals surface area contributed by atoms with E-state index >= 15 is 0 Å². The third kappa shape index (κ3) is 6.64. The summed E-state index contributed by atoms with van der Waals surface area (Å²) in [6, 6.07) is 3.25. The number of rotatable bonds is 6. The average molecular weight is 392 g/mol. The van der Waals surface area contributed by atoms with Crippen LogP contribution in [0.1, 0.15) is 18.9 Å². The van der Waals surface area contributed by atoms with Gasteiger partial charge in [-0.1, -0.05) is 6.92 Å². The van der Waals surface area contributed by atoms with E-state index in [1.165, 1.54) is 4.90 Å². The van der Waals surface area contributed by atoms with Crippen LogP contribution in [0.5, 0.6) is 0 Å². The molecule has 0 amide bonds. The number of nitrogens with zero attached hydrogens (tertiary/aromatic N) is 3. The summed E-state index contributed by atoms with van der Waals surface area (Å²) in [4.78, 5) is 7.48.